The topological polar surface area (TPSA) is 88.4 Å². The van der Waals surface area contributed by atoms with E-state index in [1.54, 1.807) is 37.3 Å². The van der Waals surface area contributed by atoms with Gasteiger partial charge in [-0.2, -0.15) is 18.3 Å². The molecule has 1 aliphatic heterocycles. The molecule has 170 valence electrons. The normalized spacial score (nSPS) is 14.0. The Hall–Kier alpha value is -3.66. The van der Waals surface area contributed by atoms with Gasteiger partial charge in [-0.3, -0.25) is 14.6 Å². The number of hydrogen-bond donors (Lipinski definition) is 2. The number of alkyl halides is 3. The SMILES string of the molecule is Cc1cccc(C2=NCCC(=O)N2)c1NC(=O)c1cc(C(F)(F)F)nn1-c1ccccc1Cl. The molecule has 0 fully saturated rings. The molecule has 1 aliphatic rings. The van der Waals surface area contributed by atoms with Crippen molar-refractivity contribution in [2.75, 3.05) is 11.9 Å². The van der Waals surface area contributed by atoms with Crippen molar-refractivity contribution in [2.45, 2.75) is 19.5 Å². The number of aryl methyl sites for hydroxylation is 1. The van der Waals surface area contributed by atoms with Gasteiger partial charge in [-0.25, -0.2) is 4.68 Å². The summed E-state index contributed by atoms with van der Waals surface area (Å²) in [6.45, 7) is 2.01. The number of rotatable bonds is 4. The number of nitrogens with zero attached hydrogens (tertiary/aromatic N) is 3. The largest absolute Gasteiger partial charge is 0.435 e. The summed E-state index contributed by atoms with van der Waals surface area (Å²) in [7, 11) is 0. The number of anilines is 1. The van der Waals surface area contributed by atoms with Gasteiger partial charge in [0.25, 0.3) is 5.91 Å². The lowest BCUT2D eigenvalue weighted by atomic mass is 10.1. The lowest BCUT2D eigenvalue weighted by Crippen LogP contribution is -2.36. The molecule has 2 N–H and O–H groups in total. The number of aromatic nitrogens is 2. The van der Waals surface area contributed by atoms with Crippen LogP contribution in [0.2, 0.25) is 5.02 Å². The van der Waals surface area contributed by atoms with E-state index < -0.39 is 17.8 Å². The molecule has 0 bridgehead atoms. The Bertz CT molecular complexity index is 1280. The Balaban J connectivity index is 1.78. The van der Waals surface area contributed by atoms with Gasteiger partial charge in [0.2, 0.25) is 5.91 Å². The van der Waals surface area contributed by atoms with Crippen LogP contribution in [-0.2, 0) is 11.0 Å². The third kappa shape index (κ3) is 4.61. The fourth-order valence-electron chi connectivity index (χ4n) is 3.35. The number of halogens is 4. The second kappa shape index (κ2) is 8.70. The average Bonchev–Trinajstić information content (AvgIpc) is 3.21. The minimum atomic E-state index is -4.77. The third-order valence-corrected chi connectivity index (χ3v) is 5.27. The fraction of sp³-hybridized carbons (Fsp3) is 0.182. The van der Waals surface area contributed by atoms with E-state index in [2.05, 4.69) is 20.7 Å². The van der Waals surface area contributed by atoms with Gasteiger partial charge in [0.05, 0.1) is 22.9 Å². The van der Waals surface area contributed by atoms with E-state index in [1.165, 1.54) is 12.1 Å². The Labute approximate surface area is 191 Å². The lowest BCUT2D eigenvalue weighted by Gasteiger charge is -2.19. The highest BCUT2D eigenvalue weighted by Crippen LogP contribution is 2.31. The quantitative estimate of drug-likeness (QED) is 0.587. The fourth-order valence-corrected chi connectivity index (χ4v) is 3.57. The van der Waals surface area contributed by atoms with E-state index >= 15 is 0 Å². The standard InChI is InChI=1S/C22H17ClF3N5O2/c1-12-5-4-6-13(20-27-10-9-18(32)28-20)19(12)29-21(33)16-11-17(22(24,25)26)30-31(16)15-8-3-2-7-14(15)23/h2-8,11H,9-10H2,1H3,(H,29,33)(H,27,28,32). The highest BCUT2D eigenvalue weighted by Gasteiger charge is 2.36. The molecule has 11 heteroatoms. The maximum Gasteiger partial charge on any atom is 0.435 e. The van der Waals surface area contributed by atoms with Crippen molar-refractivity contribution in [1.82, 2.24) is 15.1 Å². The first kappa shape index (κ1) is 22.5. The van der Waals surface area contributed by atoms with Gasteiger partial charge >= 0.3 is 6.18 Å². The summed E-state index contributed by atoms with van der Waals surface area (Å²) in [4.78, 5) is 29.3. The Kier molecular flexibility index (Phi) is 5.94. The molecule has 0 radical (unpaired) electrons. The highest BCUT2D eigenvalue weighted by atomic mass is 35.5. The van der Waals surface area contributed by atoms with Crippen molar-refractivity contribution < 1.29 is 22.8 Å². The van der Waals surface area contributed by atoms with E-state index in [4.69, 9.17) is 11.6 Å². The number of amides is 2. The zero-order valence-corrected chi connectivity index (χ0v) is 18.0. The third-order valence-electron chi connectivity index (χ3n) is 4.95. The number of hydrogen-bond acceptors (Lipinski definition) is 4. The summed E-state index contributed by atoms with van der Waals surface area (Å²) in [5.41, 5.74) is -0.0992. The van der Waals surface area contributed by atoms with Crippen molar-refractivity contribution in [2.24, 2.45) is 4.99 Å². The predicted molar refractivity (Wildman–Crippen MR) is 117 cm³/mol. The van der Waals surface area contributed by atoms with Gasteiger partial charge in [0.1, 0.15) is 11.5 Å². The number of nitrogens with one attached hydrogen (secondary N) is 2. The molecule has 33 heavy (non-hydrogen) atoms. The van der Waals surface area contributed by atoms with Crippen LogP contribution in [0.4, 0.5) is 18.9 Å². The summed E-state index contributed by atoms with van der Waals surface area (Å²) in [5.74, 6) is -0.776. The van der Waals surface area contributed by atoms with Gasteiger partial charge < -0.3 is 10.6 Å². The molecule has 1 aromatic heterocycles. The van der Waals surface area contributed by atoms with E-state index in [1.807, 2.05) is 0 Å². The van der Waals surface area contributed by atoms with Gasteiger partial charge in [0, 0.05) is 18.1 Å². The molecule has 4 rings (SSSR count). The van der Waals surface area contributed by atoms with E-state index in [0.717, 1.165) is 4.68 Å². The number of aliphatic imine (C=N–C) groups is 1. The molecule has 3 aromatic rings. The highest BCUT2D eigenvalue weighted by molar-refractivity contribution is 6.32. The van der Waals surface area contributed by atoms with Gasteiger partial charge in [-0.1, -0.05) is 35.9 Å². The van der Waals surface area contributed by atoms with Crippen LogP contribution in [0, 0.1) is 6.92 Å². The van der Waals surface area contributed by atoms with Crippen molar-refractivity contribution in [1.29, 1.82) is 0 Å². The average molecular weight is 476 g/mol. The van der Waals surface area contributed by atoms with E-state index in [9.17, 15) is 22.8 Å². The molecule has 2 aromatic carbocycles. The molecule has 0 atom stereocenters. The summed E-state index contributed by atoms with van der Waals surface area (Å²) < 4.78 is 41.1. The number of benzene rings is 2. The molecular formula is C22H17ClF3N5O2. The second-order valence-corrected chi connectivity index (χ2v) is 7.66. The monoisotopic (exact) mass is 475 g/mol. The molecule has 0 saturated carbocycles. The molecule has 0 saturated heterocycles. The molecule has 0 spiro atoms. The predicted octanol–water partition coefficient (Wildman–Crippen LogP) is 4.37. The van der Waals surface area contributed by atoms with Crippen LogP contribution < -0.4 is 10.6 Å². The van der Waals surface area contributed by atoms with Gasteiger partial charge in [0.15, 0.2) is 5.69 Å². The molecule has 2 heterocycles. The zero-order valence-electron chi connectivity index (χ0n) is 17.2. The minimum absolute atomic E-state index is 0.119. The zero-order chi connectivity index (χ0) is 23.8. The summed E-state index contributed by atoms with van der Waals surface area (Å²) in [5, 5.41) is 9.03. The number of para-hydroxylation sites is 2. The van der Waals surface area contributed by atoms with Gasteiger partial charge in [-0.05, 0) is 30.7 Å². The first-order valence-corrected chi connectivity index (χ1v) is 10.2. The van der Waals surface area contributed by atoms with Crippen LogP contribution in [0.5, 0.6) is 0 Å². The lowest BCUT2D eigenvalue weighted by molar-refractivity contribution is -0.141. The Morgan fingerprint density at radius 1 is 1.18 bits per heavy atom. The summed E-state index contributed by atoms with van der Waals surface area (Å²) in [6, 6.07) is 11.9. The van der Waals surface area contributed by atoms with Crippen molar-refractivity contribution in [3.8, 4) is 5.69 Å². The summed E-state index contributed by atoms with van der Waals surface area (Å²) >= 11 is 6.16. The van der Waals surface area contributed by atoms with Crippen LogP contribution in [0.1, 0.15) is 33.7 Å². The smallest absolute Gasteiger partial charge is 0.320 e. The number of carbonyl (C=O) groups is 2. The van der Waals surface area contributed by atoms with Crippen LogP contribution in [0.3, 0.4) is 0 Å². The van der Waals surface area contributed by atoms with E-state index in [0.29, 0.717) is 22.9 Å². The van der Waals surface area contributed by atoms with E-state index in [-0.39, 0.29) is 41.1 Å². The summed E-state index contributed by atoms with van der Waals surface area (Å²) in [6.07, 6.45) is -4.52. The van der Waals surface area contributed by atoms with Crippen molar-refractivity contribution >= 4 is 34.9 Å². The van der Waals surface area contributed by atoms with Crippen LogP contribution in [-0.4, -0.2) is 34.0 Å². The first-order chi connectivity index (χ1) is 15.6. The van der Waals surface area contributed by atoms with Crippen LogP contribution in [0.15, 0.2) is 53.5 Å². The molecule has 7 nitrogen and oxygen atoms in total. The second-order valence-electron chi connectivity index (χ2n) is 7.26. The maximum atomic E-state index is 13.4. The molecule has 0 unspecified atom stereocenters. The van der Waals surface area contributed by atoms with Crippen LogP contribution >= 0.6 is 11.6 Å². The number of carbonyl (C=O) groups excluding carboxylic acids is 2. The van der Waals surface area contributed by atoms with Crippen molar-refractivity contribution in [3.63, 3.8) is 0 Å². The maximum absolute atomic E-state index is 13.4. The van der Waals surface area contributed by atoms with Gasteiger partial charge in [-0.15, -0.1) is 0 Å². The Morgan fingerprint density at radius 2 is 1.94 bits per heavy atom. The minimum Gasteiger partial charge on any atom is -0.320 e. The molecular weight excluding hydrogens is 459 g/mol. The molecule has 2 amide bonds. The molecule has 0 aliphatic carbocycles. The van der Waals surface area contributed by atoms with Crippen molar-refractivity contribution in [3.05, 3.63) is 76.1 Å². The van der Waals surface area contributed by atoms with Crippen LogP contribution in [0.25, 0.3) is 5.69 Å². The Morgan fingerprint density at radius 3 is 2.64 bits per heavy atom. The number of amidine groups is 1. The first-order valence-electron chi connectivity index (χ1n) is 9.83.